The van der Waals surface area contributed by atoms with Crippen LogP contribution in [-0.2, 0) is 0 Å². The second-order valence-corrected chi connectivity index (χ2v) is 11.4. The maximum Gasteiger partial charge on any atom is 0.255 e. The highest BCUT2D eigenvalue weighted by atomic mass is 32.2. The molecule has 0 atom stereocenters. The molecule has 0 aliphatic rings. The van der Waals surface area contributed by atoms with E-state index >= 15 is 0 Å². The Morgan fingerprint density at radius 3 is 1.04 bits per heavy atom. The van der Waals surface area contributed by atoms with Gasteiger partial charge in [-0.3, -0.25) is 9.59 Å². The monoisotopic (exact) mass is 644 g/mol. The zero-order chi connectivity index (χ0) is 32.6. The number of carbonyl (C=O) groups is 2. The highest BCUT2D eigenvalue weighted by molar-refractivity contribution is 7.99. The van der Waals surface area contributed by atoms with Gasteiger partial charge >= 0.3 is 0 Å². The number of hydrogen-bond donors (Lipinski definition) is 2. The Bertz CT molecular complexity index is 1820. The van der Waals surface area contributed by atoms with Crippen LogP contribution in [0.1, 0.15) is 20.7 Å². The van der Waals surface area contributed by atoms with Crippen molar-refractivity contribution < 1.29 is 27.8 Å². The molecule has 6 aromatic rings. The van der Waals surface area contributed by atoms with Crippen molar-refractivity contribution in [3.05, 3.63) is 168 Å². The van der Waals surface area contributed by atoms with Crippen molar-refractivity contribution in [3.8, 4) is 23.0 Å². The maximum atomic E-state index is 13.1. The largest absolute Gasteiger partial charge is 0.457 e. The van der Waals surface area contributed by atoms with E-state index in [-0.39, 0.29) is 11.8 Å². The lowest BCUT2D eigenvalue weighted by Gasteiger charge is -2.10. The normalized spacial score (nSPS) is 10.6. The van der Waals surface area contributed by atoms with Crippen LogP contribution < -0.4 is 20.1 Å². The summed E-state index contributed by atoms with van der Waals surface area (Å²) in [6.07, 6.45) is 0. The first-order valence-corrected chi connectivity index (χ1v) is 15.3. The van der Waals surface area contributed by atoms with Gasteiger partial charge in [-0.15, -0.1) is 0 Å². The molecule has 0 aromatic heterocycles. The number of halogens is 2. The van der Waals surface area contributed by atoms with E-state index in [9.17, 15) is 18.4 Å². The summed E-state index contributed by atoms with van der Waals surface area (Å²) in [6.45, 7) is 0. The average molecular weight is 645 g/mol. The third kappa shape index (κ3) is 8.62. The summed E-state index contributed by atoms with van der Waals surface area (Å²) in [4.78, 5) is 26.7. The predicted molar refractivity (Wildman–Crippen MR) is 179 cm³/mol. The molecule has 0 aliphatic heterocycles. The molecule has 0 aliphatic carbocycles. The summed E-state index contributed by atoms with van der Waals surface area (Å²) in [5.41, 5.74) is 1.92. The lowest BCUT2D eigenvalue weighted by Crippen LogP contribution is -2.11. The van der Waals surface area contributed by atoms with Crippen molar-refractivity contribution in [2.24, 2.45) is 0 Å². The van der Waals surface area contributed by atoms with Gasteiger partial charge in [-0.2, -0.15) is 0 Å². The van der Waals surface area contributed by atoms with Crippen molar-refractivity contribution in [1.29, 1.82) is 0 Å². The molecular formula is C38H26F2N2O4S. The van der Waals surface area contributed by atoms with Crippen molar-refractivity contribution >= 4 is 35.0 Å². The van der Waals surface area contributed by atoms with Gasteiger partial charge in [0.25, 0.3) is 11.8 Å². The molecule has 0 heterocycles. The van der Waals surface area contributed by atoms with Gasteiger partial charge < -0.3 is 20.1 Å². The first-order chi connectivity index (χ1) is 22.9. The molecule has 0 radical (unpaired) electrons. The summed E-state index contributed by atoms with van der Waals surface area (Å²) < 4.78 is 38.1. The smallest absolute Gasteiger partial charge is 0.255 e. The molecule has 0 fully saturated rings. The van der Waals surface area contributed by atoms with Crippen molar-refractivity contribution in [2.75, 3.05) is 10.6 Å². The van der Waals surface area contributed by atoms with Crippen molar-refractivity contribution in [1.82, 2.24) is 0 Å². The molecule has 0 saturated carbocycles. The Morgan fingerprint density at radius 1 is 0.426 bits per heavy atom. The molecule has 6 aromatic carbocycles. The SMILES string of the molecule is O=C(Nc1ccc(Oc2ccc(Sc3ccc(Oc4ccc(NC(=O)c5ccc(F)cc5)cc4)cc3)cc2)cc1)c1ccc(F)cc1. The van der Waals surface area contributed by atoms with Crippen molar-refractivity contribution in [2.45, 2.75) is 9.79 Å². The van der Waals surface area contributed by atoms with Crippen LogP contribution >= 0.6 is 11.8 Å². The third-order valence-electron chi connectivity index (χ3n) is 6.79. The number of ether oxygens (including phenoxy) is 2. The van der Waals surface area contributed by atoms with Gasteiger partial charge in [-0.1, -0.05) is 11.8 Å². The molecule has 2 N–H and O–H groups in total. The molecule has 0 unspecified atom stereocenters. The van der Waals surface area contributed by atoms with Crippen LogP contribution in [0.25, 0.3) is 0 Å². The quantitative estimate of drug-likeness (QED) is 0.155. The second-order valence-electron chi connectivity index (χ2n) is 10.2. The Labute approximate surface area is 274 Å². The average Bonchev–Trinajstić information content (AvgIpc) is 3.09. The minimum Gasteiger partial charge on any atom is -0.457 e. The fraction of sp³-hybridized carbons (Fsp3) is 0. The first kappa shape index (κ1) is 31.1. The first-order valence-electron chi connectivity index (χ1n) is 14.4. The zero-order valence-corrected chi connectivity index (χ0v) is 25.5. The minimum absolute atomic E-state index is 0.326. The maximum absolute atomic E-state index is 13.1. The Kier molecular flexibility index (Phi) is 9.55. The van der Waals surface area contributed by atoms with Crippen LogP contribution in [-0.4, -0.2) is 11.8 Å². The number of rotatable bonds is 10. The summed E-state index contributed by atoms with van der Waals surface area (Å²) in [6, 6.07) is 40.1. The fourth-order valence-electron chi connectivity index (χ4n) is 4.38. The summed E-state index contributed by atoms with van der Waals surface area (Å²) in [5, 5.41) is 5.56. The number of nitrogens with one attached hydrogen (secondary N) is 2. The second kappa shape index (κ2) is 14.4. The molecule has 0 spiro atoms. The highest BCUT2D eigenvalue weighted by Gasteiger charge is 2.09. The van der Waals surface area contributed by atoms with E-state index in [2.05, 4.69) is 10.6 Å². The third-order valence-corrected chi connectivity index (χ3v) is 7.81. The molecular weight excluding hydrogens is 618 g/mol. The van der Waals surface area contributed by atoms with E-state index < -0.39 is 11.6 Å². The van der Waals surface area contributed by atoms with Gasteiger partial charge in [0.1, 0.15) is 34.6 Å². The minimum atomic E-state index is -0.397. The lowest BCUT2D eigenvalue weighted by molar-refractivity contribution is 0.101. The van der Waals surface area contributed by atoms with E-state index in [4.69, 9.17) is 9.47 Å². The molecule has 232 valence electrons. The van der Waals surface area contributed by atoms with Gasteiger partial charge in [0.2, 0.25) is 0 Å². The predicted octanol–water partition coefficient (Wildman–Crippen LogP) is 10.2. The number of anilines is 2. The van der Waals surface area contributed by atoms with Crippen LogP contribution in [0.2, 0.25) is 0 Å². The highest BCUT2D eigenvalue weighted by Crippen LogP contribution is 2.32. The Balaban J connectivity index is 0.972. The van der Waals surface area contributed by atoms with Gasteiger partial charge in [-0.05, 0) is 146 Å². The topological polar surface area (TPSA) is 76.7 Å². The summed E-state index contributed by atoms with van der Waals surface area (Å²) in [7, 11) is 0. The van der Waals surface area contributed by atoms with Crippen LogP contribution in [0.15, 0.2) is 155 Å². The molecule has 0 bridgehead atoms. The van der Waals surface area contributed by atoms with E-state index in [0.29, 0.717) is 45.5 Å². The van der Waals surface area contributed by atoms with Crippen LogP contribution in [0.4, 0.5) is 20.2 Å². The van der Waals surface area contributed by atoms with E-state index in [0.717, 1.165) is 9.79 Å². The molecule has 0 saturated heterocycles. The lowest BCUT2D eigenvalue weighted by atomic mass is 10.2. The molecule has 47 heavy (non-hydrogen) atoms. The summed E-state index contributed by atoms with van der Waals surface area (Å²) in [5.74, 6) is 1.12. The van der Waals surface area contributed by atoms with Gasteiger partial charge in [-0.25, -0.2) is 8.78 Å². The van der Waals surface area contributed by atoms with Crippen LogP contribution in [0.3, 0.4) is 0 Å². The Morgan fingerprint density at radius 2 is 0.723 bits per heavy atom. The Hall–Kier alpha value is -5.93. The van der Waals surface area contributed by atoms with Gasteiger partial charge in [0.05, 0.1) is 0 Å². The molecule has 6 rings (SSSR count). The number of amides is 2. The fourth-order valence-corrected chi connectivity index (χ4v) is 5.20. The number of hydrogen-bond acceptors (Lipinski definition) is 5. The van der Waals surface area contributed by atoms with E-state index in [1.54, 1.807) is 60.3 Å². The van der Waals surface area contributed by atoms with Crippen LogP contribution in [0, 0.1) is 11.6 Å². The van der Waals surface area contributed by atoms with Crippen molar-refractivity contribution in [3.63, 3.8) is 0 Å². The van der Waals surface area contributed by atoms with E-state index in [1.165, 1.54) is 48.5 Å². The van der Waals surface area contributed by atoms with Gasteiger partial charge in [0.15, 0.2) is 0 Å². The molecule has 9 heteroatoms. The number of benzene rings is 6. The van der Waals surface area contributed by atoms with Crippen LogP contribution in [0.5, 0.6) is 23.0 Å². The number of carbonyl (C=O) groups excluding carboxylic acids is 2. The zero-order valence-electron chi connectivity index (χ0n) is 24.7. The summed E-state index contributed by atoms with van der Waals surface area (Å²) >= 11 is 1.60. The van der Waals surface area contributed by atoms with Gasteiger partial charge in [0, 0.05) is 32.3 Å². The molecule has 6 nitrogen and oxygen atoms in total. The standard InChI is InChI=1S/C38H26F2N2O4S/c39-27-5-1-25(2-6-27)37(43)41-29-9-13-31(14-10-29)45-33-17-21-35(22-18-33)47-36-23-19-34(20-24-36)46-32-15-11-30(12-16-32)42-38(44)26-3-7-28(40)8-4-26/h1-24H,(H,41,43)(H,42,44). The molecule has 2 amide bonds. The van der Waals surface area contributed by atoms with E-state index in [1.807, 2.05) is 48.5 Å².